The van der Waals surface area contributed by atoms with Crippen molar-refractivity contribution < 1.29 is 33.4 Å². The summed E-state index contributed by atoms with van der Waals surface area (Å²) >= 11 is 0. The van der Waals surface area contributed by atoms with Gasteiger partial charge in [0.25, 0.3) is 0 Å². The highest BCUT2D eigenvalue weighted by Crippen LogP contribution is 1.98. The molecule has 0 bridgehead atoms. The van der Waals surface area contributed by atoms with Crippen molar-refractivity contribution >= 4 is 29.9 Å². The summed E-state index contributed by atoms with van der Waals surface area (Å²) in [4.78, 5) is 54.7. The van der Waals surface area contributed by atoms with Crippen molar-refractivity contribution in [2.45, 2.75) is 67.7 Å². The Balaban J connectivity index is -0.000000577. The molecular formula is C31H57N5O7. The number of ether oxygens (including phenoxy) is 2. The Bertz CT molecular complexity index is 848. The first-order valence-electron chi connectivity index (χ1n) is 14.8. The van der Waals surface area contributed by atoms with Crippen molar-refractivity contribution in [2.24, 2.45) is 17.8 Å². The maximum absolute atomic E-state index is 11.3. The van der Waals surface area contributed by atoms with Crippen LogP contribution in [0.4, 0.5) is 9.59 Å². The predicted molar refractivity (Wildman–Crippen MR) is 171 cm³/mol. The van der Waals surface area contributed by atoms with Gasteiger partial charge in [0.15, 0.2) is 0 Å². The van der Waals surface area contributed by atoms with E-state index in [2.05, 4.69) is 92.6 Å². The molecule has 0 saturated heterocycles. The molecular weight excluding hydrogens is 554 g/mol. The van der Waals surface area contributed by atoms with Crippen LogP contribution in [0.1, 0.15) is 67.7 Å². The summed E-state index contributed by atoms with van der Waals surface area (Å²) < 4.78 is 9.51. The van der Waals surface area contributed by atoms with Crippen LogP contribution in [-0.4, -0.2) is 75.8 Å². The van der Waals surface area contributed by atoms with Gasteiger partial charge in [-0.1, -0.05) is 80.5 Å². The number of urea groups is 2. The Morgan fingerprint density at radius 1 is 0.651 bits per heavy atom. The van der Waals surface area contributed by atoms with Crippen LogP contribution >= 0.6 is 0 Å². The largest absolute Gasteiger partial charge is 0.461 e. The van der Waals surface area contributed by atoms with Gasteiger partial charge in [-0.2, -0.15) is 0 Å². The summed E-state index contributed by atoms with van der Waals surface area (Å²) in [6.45, 7) is 27.1. The van der Waals surface area contributed by atoms with Gasteiger partial charge in [0.2, 0.25) is 5.91 Å². The van der Waals surface area contributed by atoms with Crippen LogP contribution in [0.5, 0.6) is 0 Å². The topological polar surface area (TPSA) is 164 Å². The standard InChI is InChI=1S/C12H22N2O3.C11H20N2O3.C8H15NO/c1-5-10(4)8-14-12(16)13-6-7-17-11(15)9(2)3;1-4-9(3)8-13-11(15)12-6-7-16-10(14)5-2;1-4-7(3)6-9-8(10)5-2/h10H,2,5-8H2,1,3-4H3,(H2,13,14,16);5,9H,2,4,6-8H2,1,3H3,(H2,12,13,15);5,7H,2,4,6H2,1,3H3,(H,9,10). The van der Waals surface area contributed by atoms with Gasteiger partial charge in [0.05, 0.1) is 13.1 Å². The molecule has 0 heterocycles. The zero-order chi connectivity index (χ0) is 33.6. The molecule has 3 atom stereocenters. The first kappa shape index (κ1) is 43.6. The molecule has 5 N–H and O–H groups in total. The molecule has 0 aromatic carbocycles. The number of rotatable bonds is 18. The number of hydrogen-bond donors (Lipinski definition) is 5. The van der Waals surface area contributed by atoms with Gasteiger partial charge < -0.3 is 36.1 Å². The van der Waals surface area contributed by atoms with Crippen LogP contribution < -0.4 is 26.6 Å². The lowest BCUT2D eigenvalue weighted by molar-refractivity contribution is -0.139. The smallest absolute Gasteiger partial charge is 0.333 e. The number of amides is 5. The average molecular weight is 612 g/mol. The SMILES string of the molecule is C=C(C)C(=O)OCCNC(=O)NCC(C)CC.C=CC(=O)NCC(C)CC.C=CC(=O)OCCNC(=O)NCC(C)CC. The van der Waals surface area contributed by atoms with E-state index >= 15 is 0 Å². The van der Waals surface area contributed by atoms with Gasteiger partial charge in [-0.05, 0) is 30.8 Å². The van der Waals surface area contributed by atoms with E-state index in [9.17, 15) is 24.0 Å². The molecule has 0 aliphatic rings. The molecule has 12 nitrogen and oxygen atoms in total. The van der Waals surface area contributed by atoms with Gasteiger partial charge in [-0.25, -0.2) is 19.2 Å². The molecule has 0 aliphatic carbocycles. The van der Waals surface area contributed by atoms with Gasteiger partial charge in [-0.3, -0.25) is 4.79 Å². The van der Waals surface area contributed by atoms with Gasteiger partial charge in [0, 0.05) is 31.3 Å². The molecule has 0 rings (SSSR count). The highest BCUT2D eigenvalue weighted by Gasteiger charge is 2.05. The van der Waals surface area contributed by atoms with Crippen molar-refractivity contribution in [1.82, 2.24) is 26.6 Å². The minimum absolute atomic E-state index is 0.0831. The van der Waals surface area contributed by atoms with Crippen LogP contribution in [0.25, 0.3) is 0 Å². The van der Waals surface area contributed by atoms with Gasteiger partial charge in [0.1, 0.15) is 13.2 Å². The predicted octanol–water partition coefficient (Wildman–Crippen LogP) is 3.85. The average Bonchev–Trinajstić information content (AvgIpc) is 3.01. The lowest BCUT2D eigenvalue weighted by Gasteiger charge is -2.11. The van der Waals surface area contributed by atoms with Gasteiger partial charge in [-0.15, -0.1) is 0 Å². The second-order valence-corrected chi connectivity index (χ2v) is 10.1. The number of esters is 2. The number of nitrogens with one attached hydrogen (secondary N) is 5. The molecule has 5 amide bonds. The fourth-order valence-corrected chi connectivity index (χ4v) is 2.25. The Morgan fingerprint density at radius 3 is 1.40 bits per heavy atom. The van der Waals surface area contributed by atoms with E-state index in [0.717, 1.165) is 31.9 Å². The molecule has 43 heavy (non-hydrogen) atoms. The number of carbonyl (C=O) groups is 5. The van der Waals surface area contributed by atoms with E-state index in [1.807, 2.05) is 0 Å². The zero-order valence-electron chi connectivity index (χ0n) is 27.4. The minimum Gasteiger partial charge on any atom is -0.461 e. The summed E-state index contributed by atoms with van der Waals surface area (Å²) in [5.74, 6) is 0.476. The number of hydrogen-bond acceptors (Lipinski definition) is 7. The summed E-state index contributed by atoms with van der Waals surface area (Å²) in [5.41, 5.74) is 0.353. The Hall–Kier alpha value is -3.83. The third kappa shape index (κ3) is 32.5. The van der Waals surface area contributed by atoms with Gasteiger partial charge >= 0.3 is 24.0 Å². The summed E-state index contributed by atoms with van der Waals surface area (Å²) in [6.07, 6.45) is 5.52. The van der Waals surface area contributed by atoms with Crippen LogP contribution in [0.2, 0.25) is 0 Å². The monoisotopic (exact) mass is 611 g/mol. The van der Waals surface area contributed by atoms with E-state index in [0.29, 0.717) is 49.5 Å². The fourth-order valence-electron chi connectivity index (χ4n) is 2.25. The molecule has 0 spiro atoms. The fraction of sp³-hybridized carbons (Fsp3) is 0.645. The maximum atomic E-state index is 11.3. The van der Waals surface area contributed by atoms with E-state index in [4.69, 9.17) is 4.74 Å². The Kier molecular flexibility index (Phi) is 30.1. The maximum Gasteiger partial charge on any atom is 0.333 e. The second-order valence-electron chi connectivity index (χ2n) is 10.1. The van der Waals surface area contributed by atoms with Crippen molar-refractivity contribution in [3.05, 3.63) is 37.5 Å². The third-order valence-corrected chi connectivity index (χ3v) is 5.89. The molecule has 0 aliphatic heterocycles. The molecule has 0 fully saturated rings. The van der Waals surface area contributed by atoms with E-state index in [1.165, 1.54) is 6.08 Å². The zero-order valence-corrected chi connectivity index (χ0v) is 27.4. The van der Waals surface area contributed by atoms with E-state index < -0.39 is 11.9 Å². The number of carbonyl (C=O) groups excluding carboxylic acids is 5. The van der Waals surface area contributed by atoms with Crippen molar-refractivity contribution in [3.63, 3.8) is 0 Å². The van der Waals surface area contributed by atoms with E-state index in [1.54, 1.807) is 6.92 Å². The van der Waals surface area contributed by atoms with Crippen molar-refractivity contribution in [2.75, 3.05) is 45.9 Å². The summed E-state index contributed by atoms with van der Waals surface area (Å²) in [6, 6.07) is -0.480. The highest BCUT2D eigenvalue weighted by atomic mass is 16.5. The summed E-state index contributed by atoms with van der Waals surface area (Å²) in [7, 11) is 0. The van der Waals surface area contributed by atoms with Crippen LogP contribution in [-0.2, 0) is 23.9 Å². The Morgan fingerprint density at radius 2 is 1.05 bits per heavy atom. The third-order valence-electron chi connectivity index (χ3n) is 5.89. The Labute approximate surface area is 258 Å². The summed E-state index contributed by atoms with van der Waals surface area (Å²) in [5, 5.41) is 13.4. The molecule has 0 radical (unpaired) electrons. The van der Waals surface area contributed by atoms with E-state index in [-0.39, 0.29) is 31.2 Å². The van der Waals surface area contributed by atoms with Crippen molar-refractivity contribution in [3.8, 4) is 0 Å². The molecule has 3 unspecified atom stereocenters. The van der Waals surface area contributed by atoms with Crippen LogP contribution in [0, 0.1) is 17.8 Å². The first-order valence-corrected chi connectivity index (χ1v) is 14.8. The highest BCUT2D eigenvalue weighted by molar-refractivity contribution is 5.87. The lowest BCUT2D eigenvalue weighted by atomic mass is 10.1. The molecule has 12 heteroatoms. The minimum atomic E-state index is -0.484. The second kappa shape index (κ2) is 29.7. The molecule has 0 aromatic heterocycles. The molecule has 248 valence electrons. The quantitative estimate of drug-likeness (QED) is 0.0893. The molecule has 0 aromatic rings. The normalized spacial score (nSPS) is 11.6. The molecule has 0 saturated carbocycles. The van der Waals surface area contributed by atoms with Crippen molar-refractivity contribution in [1.29, 1.82) is 0 Å². The first-order chi connectivity index (χ1) is 20.3. The van der Waals surface area contributed by atoms with Crippen LogP contribution in [0.3, 0.4) is 0 Å². The lowest BCUT2D eigenvalue weighted by Crippen LogP contribution is -2.39. The van der Waals surface area contributed by atoms with Crippen LogP contribution in [0.15, 0.2) is 37.5 Å².